The lowest BCUT2D eigenvalue weighted by atomic mass is 10.0. The van der Waals surface area contributed by atoms with Gasteiger partial charge in [-0.15, -0.1) is 0 Å². The number of methoxy groups -OCH3 is 1. The van der Waals surface area contributed by atoms with Gasteiger partial charge in [-0.2, -0.15) is 0 Å². The minimum Gasteiger partial charge on any atom is -0.497 e. The average Bonchev–Trinajstić information content (AvgIpc) is 3.53. The van der Waals surface area contributed by atoms with Gasteiger partial charge in [0.1, 0.15) is 11.8 Å². The Kier molecular flexibility index (Phi) is 6.72. The summed E-state index contributed by atoms with van der Waals surface area (Å²) in [4.78, 5) is 29.2. The Morgan fingerprint density at radius 2 is 1.89 bits per heavy atom. The van der Waals surface area contributed by atoms with Gasteiger partial charge in [0.2, 0.25) is 5.91 Å². The Morgan fingerprint density at radius 3 is 2.52 bits per heavy atom. The molecule has 1 aliphatic heterocycles. The zero-order chi connectivity index (χ0) is 19.2. The number of benzene rings is 1. The molecular weight excluding hydrogens is 344 g/mol. The molecule has 1 saturated heterocycles. The van der Waals surface area contributed by atoms with Crippen LogP contribution in [0.3, 0.4) is 0 Å². The van der Waals surface area contributed by atoms with Crippen molar-refractivity contribution in [3.05, 3.63) is 29.8 Å². The predicted octanol–water partition coefficient (Wildman–Crippen LogP) is 2.60. The Bertz CT molecular complexity index is 642. The highest BCUT2D eigenvalue weighted by Gasteiger charge is 2.36. The van der Waals surface area contributed by atoms with E-state index in [9.17, 15) is 9.59 Å². The quantitative estimate of drug-likeness (QED) is 0.655. The fourth-order valence-corrected chi connectivity index (χ4v) is 3.70. The van der Waals surface area contributed by atoms with Crippen molar-refractivity contribution < 1.29 is 19.1 Å². The van der Waals surface area contributed by atoms with Gasteiger partial charge in [0.25, 0.3) is 0 Å². The Morgan fingerprint density at radius 1 is 1.15 bits per heavy atom. The lowest BCUT2D eigenvalue weighted by Crippen LogP contribution is -2.51. The van der Waals surface area contributed by atoms with E-state index in [-0.39, 0.29) is 11.9 Å². The SMILES string of the molecule is CCOC(=O)C1CCCCN1C(=O)CN(Cc1ccc(OC)cc1)C1CC1. The van der Waals surface area contributed by atoms with E-state index in [1.807, 2.05) is 24.3 Å². The minimum atomic E-state index is -0.423. The highest BCUT2D eigenvalue weighted by Crippen LogP contribution is 2.29. The molecule has 0 N–H and O–H groups in total. The van der Waals surface area contributed by atoms with Crippen LogP contribution in [0.1, 0.15) is 44.6 Å². The molecule has 1 aromatic carbocycles. The van der Waals surface area contributed by atoms with Gasteiger partial charge < -0.3 is 14.4 Å². The van der Waals surface area contributed by atoms with E-state index in [4.69, 9.17) is 9.47 Å². The summed E-state index contributed by atoms with van der Waals surface area (Å²) in [6, 6.07) is 8.02. The molecule has 1 atom stereocenters. The molecule has 1 saturated carbocycles. The highest BCUT2D eigenvalue weighted by atomic mass is 16.5. The number of hydrogen-bond acceptors (Lipinski definition) is 5. The molecule has 1 aliphatic carbocycles. The van der Waals surface area contributed by atoms with Crippen molar-refractivity contribution in [1.29, 1.82) is 0 Å². The van der Waals surface area contributed by atoms with Crippen molar-refractivity contribution in [2.45, 2.75) is 57.7 Å². The van der Waals surface area contributed by atoms with Gasteiger partial charge in [-0.3, -0.25) is 9.69 Å². The molecule has 1 amide bonds. The van der Waals surface area contributed by atoms with Crippen LogP contribution in [0.15, 0.2) is 24.3 Å². The average molecular weight is 374 g/mol. The third-order valence-corrected chi connectivity index (χ3v) is 5.33. The van der Waals surface area contributed by atoms with Crippen LogP contribution in [0.4, 0.5) is 0 Å². The van der Waals surface area contributed by atoms with E-state index in [1.165, 1.54) is 0 Å². The lowest BCUT2D eigenvalue weighted by Gasteiger charge is -2.35. The Hall–Kier alpha value is -2.08. The predicted molar refractivity (Wildman–Crippen MR) is 102 cm³/mol. The summed E-state index contributed by atoms with van der Waals surface area (Å²) >= 11 is 0. The third-order valence-electron chi connectivity index (χ3n) is 5.33. The first kappa shape index (κ1) is 19.7. The van der Waals surface area contributed by atoms with Gasteiger partial charge in [0.15, 0.2) is 0 Å². The monoisotopic (exact) mass is 374 g/mol. The van der Waals surface area contributed by atoms with Gasteiger partial charge in [0, 0.05) is 19.1 Å². The molecule has 2 fully saturated rings. The van der Waals surface area contributed by atoms with Gasteiger partial charge in [0.05, 0.1) is 20.3 Å². The van der Waals surface area contributed by atoms with Crippen molar-refractivity contribution >= 4 is 11.9 Å². The molecule has 27 heavy (non-hydrogen) atoms. The fraction of sp³-hybridized carbons (Fsp3) is 0.619. The molecule has 0 radical (unpaired) electrons. The Balaban J connectivity index is 1.64. The molecule has 6 heteroatoms. The number of esters is 1. The number of ether oxygens (including phenoxy) is 2. The second-order valence-electron chi connectivity index (χ2n) is 7.33. The van der Waals surface area contributed by atoms with Crippen LogP contribution in [-0.4, -0.2) is 60.6 Å². The second-order valence-corrected chi connectivity index (χ2v) is 7.33. The first-order valence-corrected chi connectivity index (χ1v) is 9.95. The van der Waals surface area contributed by atoms with E-state index < -0.39 is 6.04 Å². The van der Waals surface area contributed by atoms with Crippen molar-refractivity contribution in [1.82, 2.24) is 9.80 Å². The summed E-state index contributed by atoms with van der Waals surface area (Å²) in [6.07, 6.45) is 4.87. The Labute approximate surface area is 161 Å². The van der Waals surface area contributed by atoms with Crippen LogP contribution < -0.4 is 4.74 Å². The second kappa shape index (κ2) is 9.22. The van der Waals surface area contributed by atoms with Crippen molar-refractivity contribution in [3.8, 4) is 5.75 Å². The minimum absolute atomic E-state index is 0.0353. The molecule has 0 spiro atoms. The molecule has 1 aromatic rings. The fourth-order valence-electron chi connectivity index (χ4n) is 3.70. The summed E-state index contributed by atoms with van der Waals surface area (Å²) in [5.41, 5.74) is 1.16. The van der Waals surface area contributed by atoms with Gasteiger partial charge in [-0.05, 0) is 56.7 Å². The third kappa shape index (κ3) is 5.22. The molecule has 1 unspecified atom stereocenters. The largest absolute Gasteiger partial charge is 0.497 e. The molecule has 0 bridgehead atoms. The van der Waals surface area contributed by atoms with Crippen molar-refractivity contribution in [2.24, 2.45) is 0 Å². The van der Waals surface area contributed by atoms with Crippen LogP contribution in [0.2, 0.25) is 0 Å². The number of amides is 1. The van der Waals surface area contributed by atoms with E-state index in [0.717, 1.165) is 43.5 Å². The molecular formula is C21H30N2O4. The maximum atomic E-state index is 13.0. The summed E-state index contributed by atoms with van der Waals surface area (Å²) in [5.74, 6) is 0.602. The van der Waals surface area contributed by atoms with E-state index in [1.54, 1.807) is 18.9 Å². The van der Waals surface area contributed by atoms with Crippen LogP contribution >= 0.6 is 0 Å². The van der Waals surface area contributed by atoms with Gasteiger partial charge >= 0.3 is 5.97 Å². The van der Waals surface area contributed by atoms with Crippen molar-refractivity contribution in [2.75, 3.05) is 26.8 Å². The zero-order valence-corrected chi connectivity index (χ0v) is 16.4. The standard InChI is InChI=1S/C21H30N2O4/c1-3-27-21(25)19-6-4-5-13-23(19)20(24)15-22(17-9-10-17)14-16-7-11-18(26-2)12-8-16/h7-8,11-12,17,19H,3-6,9-10,13-15H2,1-2H3. The maximum absolute atomic E-state index is 13.0. The van der Waals surface area contributed by atoms with Crippen LogP contribution in [0, 0.1) is 0 Å². The van der Waals surface area contributed by atoms with Gasteiger partial charge in [-0.25, -0.2) is 4.79 Å². The lowest BCUT2D eigenvalue weighted by molar-refractivity contribution is -0.157. The molecule has 0 aromatic heterocycles. The van der Waals surface area contributed by atoms with E-state index >= 15 is 0 Å². The molecule has 1 heterocycles. The van der Waals surface area contributed by atoms with Crippen LogP contribution in [0.25, 0.3) is 0 Å². The summed E-state index contributed by atoms with van der Waals surface area (Å²) in [7, 11) is 1.66. The summed E-state index contributed by atoms with van der Waals surface area (Å²) in [5, 5.41) is 0. The summed E-state index contributed by atoms with van der Waals surface area (Å²) in [6.45, 7) is 3.88. The first-order chi connectivity index (χ1) is 13.1. The van der Waals surface area contributed by atoms with E-state index in [2.05, 4.69) is 4.90 Å². The molecule has 148 valence electrons. The number of hydrogen-bond donors (Lipinski definition) is 0. The van der Waals surface area contributed by atoms with Gasteiger partial charge in [-0.1, -0.05) is 12.1 Å². The van der Waals surface area contributed by atoms with Crippen molar-refractivity contribution in [3.63, 3.8) is 0 Å². The number of likely N-dealkylation sites (tertiary alicyclic amines) is 1. The van der Waals surface area contributed by atoms with Crippen LogP contribution in [0.5, 0.6) is 5.75 Å². The summed E-state index contributed by atoms with van der Waals surface area (Å²) < 4.78 is 10.4. The normalized spacial score (nSPS) is 19.8. The molecule has 2 aliphatic rings. The molecule has 3 rings (SSSR count). The zero-order valence-electron chi connectivity index (χ0n) is 16.4. The van der Waals surface area contributed by atoms with E-state index in [0.29, 0.717) is 32.2 Å². The topological polar surface area (TPSA) is 59.1 Å². The molecule has 6 nitrogen and oxygen atoms in total. The number of rotatable bonds is 8. The maximum Gasteiger partial charge on any atom is 0.328 e. The number of carbonyl (C=O) groups excluding carboxylic acids is 2. The number of carbonyl (C=O) groups is 2. The smallest absolute Gasteiger partial charge is 0.328 e. The van der Waals surface area contributed by atoms with Crippen LogP contribution in [-0.2, 0) is 20.9 Å². The first-order valence-electron chi connectivity index (χ1n) is 9.95. The number of nitrogens with zero attached hydrogens (tertiary/aromatic N) is 2. The highest BCUT2D eigenvalue weighted by molar-refractivity contribution is 5.85. The number of piperidine rings is 1.